The molecular formula is C11H13ClFNO3. The summed E-state index contributed by atoms with van der Waals surface area (Å²) in [4.78, 5) is 11.8. The summed E-state index contributed by atoms with van der Waals surface area (Å²) in [7, 11) is 0. The molecular weight excluding hydrogens is 249 g/mol. The minimum absolute atomic E-state index is 0.0271. The Morgan fingerprint density at radius 1 is 1.47 bits per heavy atom. The summed E-state index contributed by atoms with van der Waals surface area (Å²) in [5.41, 5.74) is -1.52. The van der Waals surface area contributed by atoms with Gasteiger partial charge >= 0.3 is 0 Å². The van der Waals surface area contributed by atoms with Crippen LogP contribution >= 0.6 is 11.6 Å². The van der Waals surface area contributed by atoms with Crippen LogP contribution in [0.15, 0.2) is 18.2 Å². The second-order valence-corrected chi connectivity index (χ2v) is 4.33. The summed E-state index contributed by atoms with van der Waals surface area (Å²) in [5, 5.41) is 20.3. The first kappa shape index (κ1) is 13.9. The molecule has 0 aromatic heterocycles. The number of benzene rings is 1. The lowest BCUT2D eigenvalue weighted by molar-refractivity contribution is 0.0720. The van der Waals surface area contributed by atoms with Crippen molar-refractivity contribution in [1.82, 2.24) is 5.32 Å². The van der Waals surface area contributed by atoms with E-state index in [1.54, 1.807) is 0 Å². The number of hydrogen-bond donors (Lipinski definition) is 3. The number of carbonyl (C=O) groups excluding carboxylic acids is 1. The highest BCUT2D eigenvalue weighted by molar-refractivity contribution is 6.33. The fourth-order valence-corrected chi connectivity index (χ4v) is 1.43. The molecule has 3 N–H and O–H groups in total. The maximum Gasteiger partial charge on any atom is 0.256 e. The van der Waals surface area contributed by atoms with Gasteiger partial charge < -0.3 is 15.5 Å². The van der Waals surface area contributed by atoms with Crippen LogP contribution in [0.2, 0.25) is 5.02 Å². The molecule has 1 rings (SSSR count). The smallest absolute Gasteiger partial charge is 0.256 e. The predicted octanol–water partition coefficient (Wildman–Crippen LogP) is 0.952. The molecule has 1 amide bonds. The molecule has 1 aromatic carbocycles. The molecule has 0 saturated heterocycles. The molecule has 0 spiro atoms. The minimum atomic E-state index is -1.22. The summed E-state index contributed by atoms with van der Waals surface area (Å²) in [6.45, 7) is 0.488. The minimum Gasteiger partial charge on any atom is -0.394 e. The molecule has 4 nitrogen and oxygen atoms in total. The third kappa shape index (κ3) is 3.15. The Kier molecular flexibility index (Phi) is 4.45. The zero-order valence-corrected chi connectivity index (χ0v) is 9.96. The van der Waals surface area contributed by atoms with Crippen molar-refractivity contribution in [2.75, 3.05) is 13.2 Å². The summed E-state index contributed by atoms with van der Waals surface area (Å²) in [5.74, 6) is -1.54. The highest BCUT2D eigenvalue weighted by Gasteiger charge is 2.27. The number of rotatable bonds is 4. The number of aliphatic hydroxyl groups is 2. The van der Waals surface area contributed by atoms with E-state index in [-0.39, 0.29) is 10.6 Å². The lowest BCUT2D eigenvalue weighted by Crippen LogP contribution is -2.52. The summed E-state index contributed by atoms with van der Waals surface area (Å²) >= 11 is 5.71. The normalized spacial score (nSPS) is 11.4. The first-order chi connectivity index (χ1) is 7.93. The Balaban J connectivity index is 2.98. The Morgan fingerprint density at radius 3 is 2.53 bits per heavy atom. The second kappa shape index (κ2) is 5.44. The van der Waals surface area contributed by atoms with Crippen LogP contribution in [0.1, 0.15) is 17.3 Å². The molecule has 0 aliphatic heterocycles. The molecule has 0 fully saturated rings. The van der Waals surface area contributed by atoms with Crippen molar-refractivity contribution >= 4 is 17.5 Å². The molecule has 1 aromatic rings. The van der Waals surface area contributed by atoms with E-state index in [0.29, 0.717) is 0 Å². The van der Waals surface area contributed by atoms with Crippen LogP contribution in [-0.4, -0.2) is 34.9 Å². The van der Waals surface area contributed by atoms with Crippen molar-refractivity contribution in [3.8, 4) is 0 Å². The van der Waals surface area contributed by atoms with Gasteiger partial charge in [-0.3, -0.25) is 4.79 Å². The topological polar surface area (TPSA) is 69.6 Å². The van der Waals surface area contributed by atoms with Gasteiger partial charge in [-0.1, -0.05) is 17.7 Å². The zero-order chi connectivity index (χ0) is 13.1. The van der Waals surface area contributed by atoms with Crippen molar-refractivity contribution in [2.45, 2.75) is 12.5 Å². The average Bonchev–Trinajstić information content (AvgIpc) is 2.28. The van der Waals surface area contributed by atoms with Gasteiger partial charge in [-0.15, -0.1) is 0 Å². The van der Waals surface area contributed by atoms with E-state index in [1.165, 1.54) is 19.1 Å². The fraction of sp³-hybridized carbons (Fsp3) is 0.364. The highest BCUT2D eigenvalue weighted by atomic mass is 35.5. The molecule has 0 aliphatic rings. The molecule has 0 unspecified atom stereocenters. The molecule has 0 aliphatic carbocycles. The second-order valence-electron chi connectivity index (χ2n) is 3.93. The van der Waals surface area contributed by atoms with E-state index >= 15 is 0 Å². The SMILES string of the molecule is CC(CO)(CO)NC(=O)c1c(F)cccc1Cl. The monoisotopic (exact) mass is 261 g/mol. The van der Waals surface area contributed by atoms with Crippen molar-refractivity contribution in [1.29, 1.82) is 0 Å². The molecule has 6 heteroatoms. The summed E-state index contributed by atoms with van der Waals surface area (Å²) < 4.78 is 13.4. The molecule has 0 atom stereocenters. The van der Waals surface area contributed by atoms with E-state index in [1.807, 2.05) is 0 Å². The first-order valence-corrected chi connectivity index (χ1v) is 5.29. The van der Waals surface area contributed by atoms with Gasteiger partial charge in [-0.05, 0) is 19.1 Å². The third-order valence-corrected chi connectivity index (χ3v) is 2.62. The highest BCUT2D eigenvalue weighted by Crippen LogP contribution is 2.19. The molecule has 0 saturated carbocycles. The van der Waals surface area contributed by atoms with E-state index in [2.05, 4.69) is 5.32 Å². The van der Waals surface area contributed by atoms with Crippen LogP contribution in [0.3, 0.4) is 0 Å². The lowest BCUT2D eigenvalue weighted by Gasteiger charge is -2.26. The first-order valence-electron chi connectivity index (χ1n) is 4.92. The van der Waals surface area contributed by atoms with Gasteiger partial charge in [0.05, 0.1) is 29.3 Å². The van der Waals surface area contributed by atoms with Crippen molar-refractivity contribution in [2.24, 2.45) is 0 Å². The predicted molar refractivity (Wildman–Crippen MR) is 61.5 cm³/mol. The van der Waals surface area contributed by atoms with Crippen LogP contribution < -0.4 is 5.32 Å². The number of nitrogens with one attached hydrogen (secondary N) is 1. The summed E-state index contributed by atoms with van der Waals surface area (Å²) in [6, 6.07) is 3.87. The van der Waals surface area contributed by atoms with Crippen LogP contribution in [0.5, 0.6) is 0 Å². The van der Waals surface area contributed by atoms with Gasteiger partial charge in [0, 0.05) is 0 Å². The van der Waals surface area contributed by atoms with Crippen LogP contribution in [0, 0.1) is 5.82 Å². The van der Waals surface area contributed by atoms with Crippen molar-refractivity contribution in [3.63, 3.8) is 0 Å². The van der Waals surface area contributed by atoms with E-state index in [9.17, 15) is 9.18 Å². The largest absolute Gasteiger partial charge is 0.394 e. The number of halogens is 2. The summed E-state index contributed by atoms with van der Waals surface area (Å²) in [6.07, 6.45) is 0. The molecule has 94 valence electrons. The van der Waals surface area contributed by atoms with E-state index in [4.69, 9.17) is 21.8 Å². The number of hydrogen-bond acceptors (Lipinski definition) is 3. The average molecular weight is 262 g/mol. The van der Waals surface area contributed by atoms with Crippen LogP contribution in [-0.2, 0) is 0 Å². The van der Waals surface area contributed by atoms with Gasteiger partial charge in [0.1, 0.15) is 5.82 Å². The van der Waals surface area contributed by atoms with Crippen LogP contribution in [0.4, 0.5) is 4.39 Å². The maximum absolute atomic E-state index is 13.4. The van der Waals surface area contributed by atoms with E-state index in [0.717, 1.165) is 6.07 Å². The zero-order valence-electron chi connectivity index (χ0n) is 9.20. The lowest BCUT2D eigenvalue weighted by atomic mass is 10.0. The molecule has 0 radical (unpaired) electrons. The number of amides is 1. The molecule has 0 heterocycles. The van der Waals surface area contributed by atoms with Crippen LogP contribution in [0.25, 0.3) is 0 Å². The number of carbonyl (C=O) groups is 1. The Hall–Kier alpha value is -1.17. The molecule has 0 bridgehead atoms. The van der Waals surface area contributed by atoms with E-state index < -0.39 is 30.5 Å². The van der Waals surface area contributed by atoms with Gasteiger partial charge in [0.2, 0.25) is 0 Å². The quantitative estimate of drug-likeness (QED) is 0.756. The van der Waals surface area contributed by atoms with Crippen molar-refractivity contribution < 1.29 is 19.4 Å². The Morgan fingerprint density at radius 2 is 2.06 bits per heavy atom. The van der Waals surface area contributed by atoms with Gasteiger partial charge in [0.25, 0.3) is 5.91 Å². The third-order valence-electron chi connectivity index (χ3n) is 2.30. The van der Waals surface area contributed by atoms with Gasteiger partial charge in [-0.25, -0.2) is 4.39 Å². The van der Waals surface area contributed by atoms with Crippen molar-refractivity contribution in [3.05, 3.63) is 34.6 Å². The van der Waals surface area contributed by atoms with Gasteiger partial charge in [-0.2, -0.15) is 0 Å². The Bertz CT molecular complexity index is 401. The van der Waals surface area contributed by atoms with Gasteiger partial charge in [0.15, 0.2) is 0 Å². The maximum atomic E-state index is 13.4. The fourth-order valence-electron chi connectivity index (χ4n) is 1.18. The molecule has 17 heavy (non-hydrogen) atoms. The standard InChI is InChI=1S/C11H13ClFNO3/c1-11(5-15,6-16)14-10(17)9-7(12)3-2-4-8(9)13/h2-4,15-16H,5-6H2,1H3,(H,14,17). The number of aliphatic hydroxyl groups excluding tert-OH is 2. The Labute approximate surface area is 103 Å².